The maximum Gasteiger partial charge on any atom is 0.310 e. The minimum absolute atomic E-state index is 0.0849. The summed E-state index contributed by atoms with van der Waals surface area (Å²) in [5.74, 6) is -4.14. The first-order chi connectivity index (χ1) is 11.9. The van der Waals surface area contributed by atoms with Crippen LogP contribution in [0.1, 0.15) is 15.9 Å². The topological polar surface area (TPSA) is 75.6 Å². The summed E-state index contributed by atoms with van der Waals surface area (Å²) in [6, 6.07) is 9.31. The number of nitrogens with one attached hydrogen (secondary N) is 1. The molecule has 0 aliphatic rings. The highest BCUT2D eigenvalue weighted by atomic mass is 19.1. The molecule has 5 nitrogen and oxygen atoms in total. The molecule has 1 unspecified atom stereocenters. The van der Waals surface area contributed by atoms with Crippen LogP contribution in [-0.2, 0) is 16.0 Å². The van der Waals surface area contributed by atoms with E-state index in [1.807, 2.05) is 0 Å². The number of esters is 1. The molecule has 2 aromatic carbocycles. The molecule has 0 fully saturated rings. The number of amides is 1. The van der Waals surface area contributed by atoms with E-state index in [0.717, 1.165) is 23.8 Å². The zero-order valence-corrected chi connectivity index (χ0v) is 13.5. The lowest BCUT2D eigenvalue weighted by Gasteiger charge is -2.16. The van der Waals surface area contributed by atoms with E-state index in [1.165, 1.54) is 19.2 Å². The van der Waals surface area contributed by atoms with E-state index in [1.54, 1.807) is 12.1 Å². The Balaban J connectivity index is 2.08. The van der Waals surface area contributed by atoms with E-state index in [-0.39, 0.29) is 18.7 Å². The summed E-state index contributed by atoms with van der Waals surface area (Å²) in [6.45, 7) is -0.153. The largest absolute Gasteiger partial charge is 0.508 e. The lowest BCUT2D eigenvalue weighted by atomic mass is 9.99. The minimum atomic E-state index is -0.981. The fourth-order valence-electron chi connectivity index (χ4n) is 2.34. The van der Waals surface area contributed by atoms with Crippen LogP contribution in [0.15, 0.2) is 42.5 Å². The van der Waals surface area contributed by atoms with Crippen LogP contribution in [0.4, 0.5) is 8.78 Å². The van der Waals surface area contributed by atoms with E-state index in [9.17, 15) is 23.5 Å². The highest BCUT2D eigenvalue weighted by molar-refractivity contribution is 5.95. The molecule has 0 radical (unpaired) electrons. The normalized spacial score (nSPS) is 11.6. The second-order valence-electron chi connectivity index (χ2n) is 5.40. The van der Waals surface area contributed by atoms with Crippen LogP contribution >= 0.6 is 0 Å². The number of phenolic OH excluding ortho intramolecular Hbond substituents is 1. The molecule has 2 aromatic rings. The van der Waals surface area contributed by atoms with Gasteiger partial charge >= 0.3 is 5.97 Å². The molecule has 25 heavy (non-hydrogen) atoms. The van der Waals surface area contributed by atoms with Gasteiger partial charge in [0.1, 0.15) is 22.9 Å². The lowest BCUT2D eigenvalue weighted by Crippen LogP contribution is -2.35. The second-order valence-corrected chi connectivity index (χ2v) is 5.40. The maximum absolute atomic E-state index is 13.6. The SMILES string of the molecule is COC(=O)C(CNC(=O)c1c(F)cccc1F)Cc1ccc(O)cc1. The van der Waals surface area contributed by atoms with Crippen molar-refractivity contribution < 1.29 is 28.2 Å². The fraction of sp³-hybridized carbons (Fsp3) is 0.222. The van der Waals surface area contributed by atoms with Gasteiger partial charge < -0.3 is 15.2 Å². The highest BCUT2D eigenvalue weighted by Gasteiger charge is 2.23. The molecule has 0 bridgehead atoms. The first kappa shape index (κ1) is 18.4. The van der Waals surface area contributed by atoms with E-state index >= 15 is 0 Å². The van der Waals surface area contributed by atoms with Gasteiger partial charge in [0.15, 0.2) is 0 Å². The number of hydrogen-bond donors (Lipinski definition) is 2. The fourth-order valence-corrected chi connectivity index (χ4v) is 2.34. The van der Waals surface area contributed by atoms with Gasteiger partial charge in [0.05, 0.1) is 13.0 Å². The van der Waals surface area contributed by atoms with Crippen LogP contribution in [0.3, 0.4) is 0 Å². The Bertz CT molecular complexity index is 742. The number of ether oxygens (including phenoxy) is 1. The number of carbonyl (C=O) groups excluding carboxylic acids is 2. The van der Waals surface area contributed by atoms with Crippen molar-refractivity contribution >= 4 is 11.9 Å². The van der Waals surface area contributed by atoms with E-state index < -0.39 is 35.0 Å². The quantitative estimate of drug-likeness (QED) is 0.786. The molecule has 1 atom stereocenters. The molecule has 0 aliphatic heterocycles. The number of phenols is 1. The summed E-state index contributed by atoms with van der Waals surface area (Å²) < 4.78 is 31.9. The molecule has 0 heterocycles. The molecule has 0 aromatic heterocycles. The van der Waals surface area contributed by atoms with Crippen LogP contribution in [0.25, 0.3) is 0 Å². The molecule has 0 aliphatic carbocycles. The first-order valence-electron chi connectivity index (χ1n) is 7.50. The number of hydrogen-bond acceptors (Lipinski definition) is 4. The van der Waals surface area contributed by atoms with E-state index in [4.69, 9.17) is 4.74 Å². The highest BCUT2D eigenvalue weighted by Crippen LogP contribution is 2.15. The summed E-state index contributed by atoms with van der Waals surface area (Å²) in [6.07, 6.45) is 0.229. The van der Waals surface area contributed by atoms with Crippen LogP contribution in [0, 0.1) is 17.6 Å². The van der Waals surface area contributed by atoms with Crippen molar-refractivity contribution in [1.29, 1.82) is 0 Å². The van der Waals surface area contributed by atoms with Crippen molar-refractivity contribution in [2.75, 3.05) is 13.7 Å². The van der Waals surface area contributed by atoms with Gasteiger partial charge in [-0.3, -0.25) is 9.59 Å². The Morgan fingerprint density at radius 1 is 1.12 bits per heavy atom. The molecule has 0 saturated heterocycles. The predicted octanol–water partition coefficient (Wildman–Crippen LogP) is 2.43. The van der Waals surface area contributed by atoms with Gasteiger partial charge in [-0.2, -0.15) is 0 Å². The molecule has 2 N–H and O–H groups in total. The van der Waals surface area contributed by atoms with Gasteiger partial charge in [-0.25, -0.2) is 8.78 Å². The standard InChI is InChI=1S/C18H17F2NO4/c1-25-18(24)12(9-11-5-7-13(22)8-6-11)10-21-17(23)16-14(19)3-2-4-15(16)20/h2-8,12,22H,9-10H2,1H3,(H,21,23). The van der Waals surface area contributed by atoms with Crippen LogP contribution in [0.5, 0.6) is 5.75 Å². The molecular formula is C18H17F2NO4. The third kappa shape index (κ3) is 4.76. The van der Waals surface area contributed by atoms with Crippen molar-refractivity contribution in [1.82, 2.24) is 5.32 Å². The summed E-state index contributed by atoms with van der Waals surface area (Å²) in [5, 5.41) is 11.6. The summed E-state index contributed by atoms with van der Waals surface area (Å²) in [5.41, 5.74) is 0.0373. The number of carbonyl (C=O) groups is 2. The minimum Gasteiger partial charge on any atom is -0.508 e. The lowest BCUT2D eigenvalue weighted by molar-refractivity contribution is -0.145. The summed E-state index contributed by atoms with van der Waals surface area (Å²) in [4.78, 5) is 23.9. The van der Waals surface area contributed by atoms with Gasteiger partial charge in [-0.05, 0) is 36.2 Å². The number of aromatic hydroxyl groups is 1. The maximum atomic E-state index is 13.6. The number of methoxy groups -OCH3 is 1. The van der Waals surface area contributed by atoms with Gasteiger partial charge in [0.25, 0.3) is 5.91 Å². The molecule has 0 spiro atoms. The molecule has 132 valence electrons. The molecule has 7 heteroatoms. The smallest absolute Gasteiger partial charge is 0.310 e. The third-order valence-electron chi connectivity index (χ3n) is 3.65. The Kier molecular flexibility index (Phi) is 6.05. The number of rotatable bonds is 6. The van der Waals surface area contributed by atoms with Gasteiger partial charge in [0, 0.05) is 6.54 Å². The Labute approximate surface area is 143 Å². The second kappa shape index (κ2) is 8.23. The molecule has 1 amide bonds. The van der Waals surface area contributed by atoms with Gasteiger partial charge in [-0.15, -0.1) is 0 Å². The third-order valence-corrected chi connectivity index (χ3v) is 3.65. The number of benzene rings is 2. The van der Waals surface area contributed by atoms with Crippen molar-refractivity contribution in [2.24, 2.45) is 5.92 Å². The molecule has 0 saturated carbocycles. The van der Waals surface area contributed by atoms with Crippen molar-refractivity contribution in [3.05, 3.63) is 65.2 Å². The zero-order valence-electron chi connectivity index (χ0n) is 13.5. The van der Waals surface area contributed by atoms with Crippen LogP contribution < -0.4 is 5.32 Å². The predicted molar refractivity (Wildman–Crippen MR) is 86.0 cm³/mol. The monoisotopic (exact) mass is 349 g/mol. The van der Waals surface area contributed by atoms with Crippen molar-refractivity contribution in [2.45, 2.75) is 6.42 Å². The van der Waals surface area contributed by atoms with Gasteiger partial charge in [0.2, 0.25) is 0 Å². The summed E-state index contributed by atoms with van der Waals surface area (Å²) in [7, 11) is 1.21. The number of halogens is 2. The Hall–Kier alpha value is -2.96. The average Bonchev–Trinajstić information content (AvgIpc) is 2.59. The van der Waals surface area contributed by atoms with E-state index in [2.05, 4.69) is 5.32 Å². The van der Waals surface area contributed by atoms with Crippen molar-refractivity contribution in [3.8, 4) is 5.75 Å². The zero-order chi connectivity index (χ0) is 18.4. The molecule has 2 rings (SSSR count). The Morgan fingerprint density at radius 2 is 1.72 bits per heavy atom. The summed E-state index contributed by atoms with van der Waals surface area (Å²) >= 11 is 0. The van der Waals surface area contributed by atoms with Gasteiger partial charge in [-0.1, -0.05) is 18.2 Å². The Morgan fingerprint density at radius 3 is 2.28 bits per heavy atom. The van der Waals surface area contributed by atoms with E-state index in [0.29, 0.717) is 0 Å². The van der Waals surface area contributed by atoms with Crippen LogP contribution in [0.2, 0.25) is 0 Å². The van der Waals surface area contributed by atoms with Crippen LogP contribution in [-0.4, -0.2) is 30.6 Å². The average molecular weight is 349 g/mol. The molecular weight excluding hydrogens is 332 g/mol. The van der Waals surface area contributed by atoms with Crippen molar-refractivity contribution in [3.63, 3.8) is 0 Å². The first-order valence-corrected chi connectivity index (χ1v) is 7.50.